The van der Waals surface area contributed by atoms with E-state index in [9.17, 15) is 13.2 Å². The molecule has 1 aliphatic heterocycles. The Morgan fingerprint density at radius 2 is 1.91 bits per heavy atom. The van der Waals surface area contributed by atoms with Crippen molar-refractivity contribution >= 4 is 11.8 Å². The molecule has 9 heteroatoms. The Hall–Kier alpha value is -1.61. The van der Waals surface area contributed by atoms with Crippen molar-refractivity contribution in [3.63, 3.8) is 0 Å². The first-order valence-electron chi connectivity index (χ1n) is 6.85. The summed E-state index contributed by atoms with van der Waals surface area (Å²) in [5, 5.41) is 2.80. The minimum absolute atomic E-state index is 0.0693. The third-order valence-corrected chi connectivity index (χ3v) is 3.22. The Bertz CT molecular complexity index is 516. The molecular weight excluding hydrogens is 301 g/mol. The van der Waals surface area contributed by atoms with Gasteiger partial charge in [-0.2, -0.15) is 18.2 Å². The molecule has 0 spiro atoms. The van der Waals surface area contributed by atoms with Crippen LogP contribution in [-0.2, 0) is 15.7 Å². The van der Waals surface area contributed by atoms with Gasteiger partial charge in [-0.15, -0.1) is 0 Å². The summed E-state index contributed by atoms with van der Waals surface area (Å²) in [6.45, 7) is 3.16. The molecule has 22 heavy (non-hydrogen) atoms. The number of halogens is 3. The fraction of sp³-hybridized carbons (Fsp3) is 0.692. The van der Waals surface area contributed by atoms with Gasteiger partial charge in [0.25, 0.3) is 0 Å². The van der Waals surface area contributed by atoms with E-state index in [1.165, 1.54) is 4.90 Å². The van der Waals surface area contributed by atoms with Gasteiger partial charge in [-0.05, 0) is 6.92 Å². The Balaban J connectivity index is 2.07. The molecular formula is C13H19F3N4O2. The summed E-state index contributed by atoms with van der Waals surface area (Å²) in [5.41, 5.74) is -0.978. The molecule has 2 heterocycles. The average molecular weight is 320 g/mol. The molecule has 0 saturated carbocycles. The molecule has 1 aliphatic rings. The topological polar surface area (TPSA) is 59.5 Å². The SMILES string of the molecule is CN(C)c1cc(C(F)(F)F)nc(NCCC2(C)OCCO2)n1. The van der Waals surface area contributed by atoms with Crippen LogP contribution in [0.3, 0.4) is 0 Å². The van der Waals surface area contributed by atoms with Gasteiger partial charge in [-0.3, -0.25) is 0 Å². The highest BCUT2D eigenvalue weighted by atomic mass is 19.4. The van der Waals surface area contributed by atoms with Crippen LogP contribution in [0.1, 0.15) is 19.0 Å². The lowest BCUT2D eigenvalue weighted by atomic mass is 10.2. The second kappa shape index (κ2) is 6.25. The van der Waals surface area contributed by atoms with E-state index in [1.54, 1.807) is 21.0 Å². The number of aromatic nitrogens is 2. The predicted molar refractivity (Wildman–Crippen MR) is 74.8 cm³/mol. The summed E-state index contributed by atoms with van der Waals surface area (Å²) < 4.78 is 49.4. The van der Waals surface area contributed by atoms with E-state index in [0.717, 1.165) is 6.07 Å². The third-order valence-electron chi connectivity index (χ3n) is 3.22. The number of nitrogens with one attached hydrogen (secondary N) is 1. The van der Waals surface area contributed by atoms with E-state index in [-0.39, 0.29) is 11.8 Å². The smallest absolute Gasteiger partial charge is 0.363 e. The Morgan fingerprint density at radius 3 is 2.45 bits per heavy atom. The summed E-state index contributed by atoms with van der Waals surface area (Å²) in [5.74, 6) is -0.594. The molecule has 0 radical (unpaired) electrons. The van der Waals surface area contributed by atoms with E-state index in [1.807, 2.05) is 0 Å². The molecule has 1 N–H and O–H groups in total. The minimum Gasteiger partial charge on any atom is -0.363 e. The lowest BCUT2D eigenvalue weighted by Crippen LogP contribution is -2.29. The quantitative estimate of drug-likeness (QED) is 0.897. The predicted octanol–water partition coefficient (Wildman–Crippen LogP) is 2.13. The first kappa shape index (κ1) is 16.8. The van der Waals surface area contributed by atoms with Crippen LogP contribution in [0.25, 0.3) is 0 Å². The molecule has 0 bridgehead atoms. The van der Waals surface area contributed by atoms with Crippen LogP contribution in [0, 0.1) is 0 Å². The van der Waals surface area contributed by atoms with Crippen LogP contribution in [-0.4, -0.2) is 49.6 Å². The van der Waals surface area contributed by atoms with Crippen molar-refractivity contribution in [1.82, 2.24) is 9.97 Å². The zero-order valence-corrected chi connectivity index (χ0v) is 12.7. The molecule has 124 valence electrons. The molecule has 1 saturated heterocycles. The maximum absolute atomic E-state index is 12.9. The molecule has 1 aromatic rings. The van der Waals surface area contributed by atoms with Gasteiger partial charge in [0.05, 0.1) is 13.2 Å². The van der Waals surface area contributed by atoms with Crippen molar-refractivity contribution in [2.45, 2.75) is 25.3 Å². The summed E-state index contributed by atoms with van der Waals surface area (Å²) in [4.78, 5) is 9.07. The van der Waals surface area contributed by atoms with Crippen molar-refractivity contribution in [1.29, 1.82) is 0 Å². The zero-order chi connectivity index (χ0) is 16.4. The van der Waals surface area contributed by atoms with E-state index < -0.39 is 17.7 Å². The molecule has 0 atom stereocenters. The zero-order valence-electron chi connectivity index (χ0n) is 12.7. The van der Waals surface area contributed by atoms with Crippen LogP contribution in [0.5, 0.6) is 0 Å². The van der Waals surface area contributed by atoms with Gasteiger partial charge in [-0.25, -0.2) is 4.98 Å². The lowest BCUT2D eigenvalue weighted by Gasteiger charge is -2.22. The van der Waals surface area contributed by atoms with Crippen LogP contribution >= 0.6 is 0 Å². The van der Waals surface area contributed by atoms with Crippen molar-refractivity contribution in [2.75, 3.05) is 44.1 Å². The molecule has 1 aromatic heterocycles. The van der Waals surface area contributed by atoms with Crippen LogP contribution in [0.4, 0.5) is 24.9 Å². The number of rotatable bonds is 5. The molecule has 0 amide bonds. The standard InChI is InChI=1S/C13H19F3N4O2/c1-12(21-6-7-22-12)4-5-17-11-18-9(13(14,15)16)8-10(19-11)20(2)3/h8H,4-7H2,1-3H3,(H,17,18,19). The summed E-state index contributed by atoms with van der Waals surface area (Å²) in [7, 11) is 3.24. The maximum Gasteiger partial charge on any atom is 0.433 e. The van der Waals surface area contributed by atoms with Gasteiger partial charge >= 0.3 is 6.18 Å². The van der Waals surface area contributed by atoms with Crippen molar-refractivity contribution < 1.29 is 22.6 Å². The largest absolute Gasteiger partial charge is 0.433 e. The van der Waals surface area contributed by atoms with E-state index >= 15 is 0 Å². The first-order chi connectivity index (χ1) is 10.2. The Kier molecular flexibility index (Phi) is 4.76. The molecule has 6 nitrogen and oxygen atoms in total. The maximum atomic E-state index is 12.9. The number of alkyl halides is 3. The number of nitrogens with zero attached hydrogens (tertiary/aromatic N) is 3. The second-order valence-electron chi connectivity index (χ2n) is 5.33. The molecule has 0 aliphatic carbocycles. The first-order valence-corrected chi connectivity index (χ1v) is 6.85. The van der Waals surface area contributed by atoms with Gasteiger partial charge in [-0.1, -0.05) is 0 Å². The highest BCUT2D eigenvalue weighted by Gasteiger charge is 2.34. The number of ether oxygens (including phenoxy) is 2. The van der Waals surface area contributed by atoms with E-state index in [4.69, 9.17) is 9.47 Å². The van der Waals surface area contributed by atoms with Crippen molar-refractivity contribution in [3.8, 4) is 0 Å². The number of hydrogen-bond donors (Lipinski definition) is 1. The normalized spacial score (nSPS) is 17.5. The van der Waals surface area contributed by atoms with Gasteiger partial charge in [0.1, 0.15) is 5.82 Å². The fourth-order valence-electron chi connectivity index (χ4n) is 1.99. The van der Waals surface area contributed by atoms with Crippen LogP contribution in [0.2, 0.25) is 0 Å². The van der Waals surface area contributed by atoms with E-state index in [2.05, 4.69) is 15.3 Å². The van der Waals surface area contributed by atoms with Crippen molar-refractivity contribution in [3.05, 3.63) is 11.8 Å². The fourth-order valence-corrected chi connectivity index (χ4v) is 1.99. The summed E-state index contributed by atoms with van der Waals surface area (Å²) >= 11 is 0. The molecule has 2 rings (SSSR count). The lowest BCUT2D eigenvalue weighted by molar-refractivity contribution is -0.144. The van der Waals surface area contributed by atoms with Gasteiger partial charge in [0, 0.05) is 33.1 Å². The molecule has 0 unspecified atom stereocenters. The number of hydrogen-bond acceptors (Lipinski definition) is 6. The van der Waals surface area contributed by atoms with Crippen LogP contribution < -0.4 is 10.2 Å². The van der Waals surface area contributed by atoms with E-state index in [0.29, 0.717) is 26.2 Å². The Labute approximate surface area is 126 Å². The monoisotopic (exact) mass is 320 g/mol. The van der Waals surface area contributed by atoms with Crippen molar-refractivity contribution in [2.24, 2.45) is 0 Å². The average Bonchev–Trinajstić information content (AvgIpc) is 2.84. The Morgan fingerprint density at radius 1 is 1.27 bits per heavy atom. The third kappa shape index (κ3) is 4.20. The highest BCUT2D eigenvalue weighted by Crippen LogP contribution is 2.30. The van der Waals surface area contributed by atoms with Gasteiger partial charge in [0.2, 0.25) is 5.95 Å². The summed E-state index contributed by atoms with van der Waals surface area (Å²) in [6.07, 6.45) is -4.04. The van der Waals surface area contributed by atoms with Crippen LogP contribution in [0.15, 0.2) is 6.07 Å². The summed E-state index contributed by atoms with van der Waals surface area (Å²) in [6, 6.07) is 0.912. The second-order valence-corrected chi connectivity index (χ2v) is 5.33. The van der Waals surface area contributed by atoms with Gasteiger partial charge in [0.15, 0.2) is 11.5 Å². The molecule has 1 fully saturated rings. The highest BCUT2D eigenvalue weighted by molar-refractivity contribution is 5.44. The van der Waals surface area contributed by atoms with Gasteiger partial charge < -0.3 is 19.7 Å². The number of anilines is 2. The minimum atomic E-state index is -4.52. The molecule has 0 aromatic carbocycles.